The van der Waals surface area contributed by atoms with E-state index >= 15 is 0 Å². The fraction of sp³-hybridized carbons (Fsp3) is 0.273. The molecule has 2 N–H and O–H groups in total. The number of aliphatic hydroxyl groups excluding tert-OH is 1. The second-order valence-electron chi connectivity index (χ2n) is 3.10. The summed E-state index contributed by atoms with van der Waals surface area (Å²) in [5, 5.41) is 8.56. The number of sulfonamides is 1. The minimum atomic E-state index is -3.69. The predicted molar refractivity (Wildman–Crippen MR) is 61.2 cm³/mol. The third-order valence-corrected chi connectivity index (χ3v) is 3.47. The molecular weight excluding hydrogens is 245 g/mol. The highest BCUT2D eigenvalue weighted by Gasteiger charge is 2.16. The van der Waals surface area contributed by atoms with Gasteiger partial charge in [0, 0.05) is 12.1 Å². The molecule has 1 rings (SSSR count). The molecule has 0 fully saturated rings. The molecule has 0 aliphatic rings. The molecule has 0 aliphatic heterocycles. The number of benzene rings is 1. The summed E-state index contributed by atoms with van der Waals surface area (Å²) >= 11 is 0. The Balaban J connectivity index is 3.33. The van der Waals surface area contributed by atoms with Gasteiger partial charge in [-0.3, -0.25) is 0 Å². The molecule has 0 aliphatic carbocycles. The Bertz CT molecular complexity index is 558. The van der Waals surface area contributed by atoms with Crippen LogP contribution in [0.3, 0.4) is 0 Å². The minimum Gasteiger partial charge on any atom is -0.384 e. The first-order valence-corrected chi connectivity index (χ1v) is 6.38. The van der Waals surface area contributed by atoms with E-state index in [0.717, 1.165) is 18.2 Å². The van der Waals surface area contributed by atoms with Crippen molar-refractivity contribution in [2.24, 2.45) is 0 Å². The zero-order valence-electron chi connectivity index (χ0n) is 9.20. The molecule has 0 saturated carbocycles. The monoisotopic (exact) mass is 257 g/mol. The zero-order chi connectivity index (χ0) is 12.9. The van der Waals surface area contributed by atoms with Gasteiger partial charge in [-0.2, -0.15) is 0 Å². The highest BCUT2D eigenvalue weighted by atomic mass is 32.2. The molecule has 0 unspecified atom stereocenters. The van der Waals surface area contributed by atoms with E-state index < -0.39 is 22.4 Å². The van der Waals surface area contributed by atoms with Gasteiger partial charge >= 0.3 is 0 Å². The van der Waals surface area contributed by atoms with Gasteiger partial charge in [0.1, 0.15) is 12.4 Å². The highest BCUT2D eigenvalue weighted by molar-refractivity contribution is 7.89. The van der Waals surface area contributed by atoms with Gasteiger partial charge in [0.15, 0.2) is 0 Å². The van der Waals surface area contributed by atoms with Crippen molar-refractivity contribution in [3.63, 3.8) is 0 Å². The summed E-state index contributed by atoms with van der Waals surface area (Å²) in [5.74, 6) is 4.12. The molecule has 17 heavy (non-hydrogen) atoms. The largest absolute Gasteiger partial charge is 0.384 e. The molecular formula is C11H12FNO3S. The molecule has 1 aromatic carbocycles. The standard InChI is InChI=1S/C11H12FNO3S/c1-2-13-17(15,16)11-6-5-10(12)8-9(11)4-3-7-14/h5-6,8,13-14H,2,7H2,1H3. The first-order chi connectivity index (χ1) is 8.01. The molecule has 0 spiro atoms. The second kappa shape index (κ2) is 5.77. The molecule has 0 saturated heterocycles. The van der Waals surface area contributed by atoms with E-state index in [1.165, 1.54) is 0 Å². The van der Waals surface area contributed by atoms with Crippen molar-refractivity contribution >= 4 is 10.0 Å². The van der Waals surface area contributed by atoms with Crippen molar-refractivity contribution in [1.82, 2.24) is 4.72 Å². The van der Waals surface area contributed by atoms with Gasteiger partial charge in [-0.05, 0) is 18.2 Å². The third kappa shape index (κ3) is 3.53. The summed E-state index contributed by atoms with van der Waals surface area (Å²) in [6.07, 6.45) is 0. The molecule has 0 bridgehead atoms. The maximum Gasteiger partial charge on any atom is 0.241 e. The SMILES string of the molecule is CCNS(=O)(=O)c1ccc(F)cc1C#CCO. The van der Waals surface area contributed by atoms with Crippen LogP contribution < -0.4 is 4.72 Å². The number of halogens is 1. The molecule has 1 aromatic rings. The van der Waals surface area contributed by atoms with Crippen molar-refractivity contribution < 1.29 is 17.9 Å². The van der Waals surface area contributed by atoms with Crippen LogP contribution in [-0.2, 0) is 10.0 Å². The summed E-state index contributed by atoms with van der Waals surface area (Å²) in [7, 11) is -3.69. The number of aliphatic hydroxyl groups is 1. The van der Waals surface area contributed by atoms with Crippen LogP contribution in [0.5, 0.6) is 0 Å². The van der Waals surface area contributed by atoms with Crippen molar-refractivity contribution in [3.05, 3.63) is 29.6 Å². The van der Waals surface area contributed by atoms with Crippen LogP contribution in [0.15, 0.2) is 23.1 Å². The lowest BCUT2D eigenvalue weighted by Crippen LogP contribution is -2.24. The van der Waals surface area contributed by atoms with Gasteiger partial charge in [-0.25, -0.2) is 17.5 Å². The quantitative estimate of drug-likeness (QED) is 0.773. The number of hydrogen-bond donors (Lipinski definition) is 2. The number of rotatable bonds is 3. The summed E-state index contributed by atoms with van der Waals surface area (Å²) in [4.78, 5) is -0.0956. The topological polar surface area (TPSA) is 66.4 Å². The normalized spacial score (nSPS) is 10.8. The zero-order valence-corrected chi connectivity index (χ0v) is 10.0. The Morgan fingerprint density at radius 3 is 2.76 bits per heavy atom. The molecule has 0 atom stereocenters. The van der Waals surface area contributed by atoms with E-state index in [1.54, 1.807) is 6.92 Å². The Labute approximate surface area is 99.5 Å². The van der Waals surface area contributed by atoms with Crippen LogP contribution in [0.4, 0.5) is 4.39 Å². The summed E-state index contributed by atoms with van der Waals surface area (Å²) in [6, 6.07) is 3.22. The molecule has 6 heteroatoms. The number of nitrogens with one attached hydrogen (secondary N) is 1. The molecule has 92 valence electrons. The van der Waals surface area contributed by atoms with Crippen LogP contribution in [-0.4, -0.2) is 26.7 Å². The van der Waals surface area contributed by atoms with Gasteiger partial charge < -0.3 is 5.11 Å². The Morgan fingerprint density at radius 2 is 2.18 bits per heavy atom. The van der Waals surface area contributed by atoms with Gasteiger partial charge in [0.05, 0.1) is 4.90 Å². The second-order valence-corrected chi connectivity index (χ2v) is 4.84. The summed E-state index contributed by atoms with van der Waals surface area (Å²) in [6.45, 7) is 1.45. The van der Waals surface area contributed by atoms with Crippen LogP contribution in [0.25, 0.3) is 0 Å². The Morgan fingerprint density at radius 1 is 1.47 bits per heavy atom. The van der Waals surface area contributed by atoms with E-state index in [2.05, 4.69) is 16.6 Å². The third-order valence-electron chi connectivity index (χ3n) is 1.87. The predicted octanol–water partition coefficient (Wildman–Crippen LogP) is 0.468. The van der Waals surface area contributed by atoms with Crippen molar-refractivity contribution in [2.45, 2.75) is 11.8 Å². The fourth-order valence-electron chi connectivity index (χ4n) is 1.24. The molecule has 4 nitrogen and oxygen atoms in total. The van der Waals surface area contributed by atoms with E-state index in [-0.39, 0.29) is 17.0 Å². The lowest BCUT2D eigenvalue weighted by molar-refractivity contribution is 0.350. The average molecular weight is 257 g/mol. The van der Waals surface area contributed by atoms with Crippen LogP contribution in [0.1, 0.15) is 12.5 Å². The molecule has 0 aromatic heterocycles. The van der Waals surface area contributed by atoms with Crippen LogP contribution in [0.2, 0.25) is 0 Å². The fourth-order valence-corrected chi connectivity index (χ4v) is 2.42. The first kappa shape index (κ1) is 13.6. The van der Waals surface area contributed by atoms with Crippen molar-refractivity contribution in [2.75, 3.05) is 13.2 Å². The van der Waals surface area contributed by atoms with Crippen molar-refractivity contribution in [3.8, 4) is 11.8 Å². The van der Waals surface area contributed by atoms with E-state index in [4.69, 9.17) is 5.11 Å². The van der Waals surface area contributed by atoms with Gasteiger partial charge in [-0.1, -0.05) is 18.8 Å². The first-order valence-electron chi connectivity index (χ1n) is 4.90. The number of hydrogen-bond acceptors (Lipinski definition) is 3. The summed E-state index contributed by atoms with van der Waals surface area (Å²) in [5.41, 5.74) is 0.0278. The lowest BCUT2D eigenvalue weighted by atomic mass is 10.2. The van der Waals surface area contributed by atoms with Gasteiger partial charge in [0.2, 0.25) is 10.0 Å². The molecule has 0 radical (unpaired) electrons. The van der Waals surface area contributed by atoms with Crippen molar-refractivity contribution in [1.29, 1.82) is 0 Å². The van der Waals surface area contributed by atoms with Crippen LogP contribution in [0, 0.1) is 17.7 Å². The lowest BCUT2D eigenvalue weighted by Gasteiger charge is -2.06. The summed E-state index contributed by atoms with van der Waals surface area (Å²) < 4.78 is 38.8. The van der Waals surface area contributed by atoms with Gasteiger partial charge in [-0.15, -0.1) is 0 Å². The maximum atomic E-state index is 13.0. The highest BCUT2D eigenvalue weighted by Crippen LogP contribution is 2.16. The smallest absolute Gasteiger partial charge is 0.241 e. The molecule has 0 amide bonds. The Kier molecular flexibility index (Phi) is 4.63. The van der Waals surface area contributed by atoms with E-state index in [9.17, 15) is 12.8 Å². The van der Waals surface area contributed by atoms with Gasteiger partial charge in [0.25, 0.3) is 0 Å². The minimum absolute atomic E-state index is 0.0278. The average Bonchev–Trinajstić information content (AvgIpc) is 2.26. The van der Waals surface area contributed by atoms with Crippen LogP contribution >= 0.6 is 0 Å². The Hall–Kier alpha value is -1.42. The van der Waals surface area contributed by atoms with E-state index in [1.807, 2.05) is 0 Å². The molecule has 0 heterocycles. The maximum absolute atomic E-state index is 13.0. The van der Waals surface area contributed by atoms with E-state index in [0.29, 0.717) is 0 Å².